The summed E-state index contributed by atoms with van der Waals surface area (Å²) < 4.78 is 5.17. The van der Waals surface area contributed by atoms with Crippen molar-refractivity contribution in [3.63, 3.8) is 0 Å². The maximum Gasteiger partial charge on any atom is 0.274 e. The van der Waals surface area contributed by atoms with Gasteiger partial charge in [-0.1, -0.05) is 0 Å². The van der Waals surface area contributed by atoms with Crippen molar-refractivity contribution in [2.75, 3.05) is 32.2 Å². The lowest BCUT2D eigenvalue weighted by Gasteiger charge is -2.16. The maximum absolute atomic E-state index is 11.9. The molecule has 0 spiro atoms. The zero-order valence-corrected chi connectivity index (χ0v) is 10.0. The van der Waals surface area contributed by atoms with Crippen LogP contribution in [0.4, 0.5) is 5.82 Å². The molecule has 0 bridgehead atoms. The van der Waals surface area contributed by atoms with E-state index >= 15 is 0 Å². The van der Waals surface area contributed by atoms with Gasteiger partial charge >= 0.3 is 0 Å². The lowest BCUT2D eigenvalue weighted by Crippen LogP contribution is -2.31. The van der Waals surface area contributed by atoms with Crippen molar-refractivity contribution in [1.82, 2.24) is 15.1 Å². The van der Waals surface area contributed by atoms with Crippen molar-refractivity contribution in [2.45, 2.75) is 6.92 Å². The molecule has 17 heavy (non-hydrogen) atoms. The SMILES string of the molecule is CCOCCN(C)C(=O)c1ccc(NN)nn1. The number of hydrogen-bond acceptors (Lipinski definition) is 6. The molecule has 0 saturated carbocycles. The summed E-state index contributed by atoms with van der Waals surface area (Å²) in [5.41, 5.74) is 2.63. The third-order valence-electron chi connectivity index (χ3n) is 2.15. The lowest BCUT2D eigenvalue weighted by molar-refractivity contribution is 0.0703. The summed E-state index contributed by atoms with van der Waals surface area (Å²) in [7, 11) is 1.69. The predicted octanol–water partition coefficient (Wildman–Crippen LogP) is -0.129. The van der Waals surface area contributed by atoms with Gasteiger partial charge in [-0.15, -0.1) is 10.2 Å². The number of nitrogens with zero attached hydrogens (tertiary/aromatic N) is 3. The van der Waals surface area contributed by atoms with Crippen molar-refractivity contribution in [3.8, 4) is 0 Å². The second-order valence-corrected chi connectivity index (χ2v) is 3.37. The molecule has 7 heteroatoms. The summed E-state index contributed by atoms with van der Waals surface area (Å²) in [4.78, 5) is 13.4. The summed E-state index contributed by atoms with van der Waals surface area (Å²) in [6, 6.07) is 3.17. The van der Waals surface area contributed by atoms with Gasteiger partial charge in [0.1, 0.15) is 0 Å². The smallest absolute Gasteiger partial charge is 0.274 e. The number of nitrogen functional groups attached to an aromatic ring is 1. The average Bonchev–Trinajstić information content (AvgIpc) is 2.38. The molecule has 7 nitrogen and oxygen atoms in total. The van der Waals surface area contributed by atoms with E-state index in [1.165, 1.54) is 4.90 Å². The molecule has 1 aromatic heterocycles. The third-order valence-corrected chi connectivity index (χ3v) is 2.15. The Labute approximate surface area is 99.9 Å². The number of hydrazine groups is 1. The molecule has 1 amide bonds. The highest BCUT2D eigenvalue weighted by Gasteiger charge is 2.13. The molecule has 3 N–H and O–H groups in total. The lowest BCUT2D eigenvalue weighted by atomic mass is 10.3. The van der Waals surface area contributed by atoms with Crippen LogP contribution in [-0.2, 0) is 4.74 Å². The van der Waals surface area contributed by atoms with Crippen molar-refractivity contribution in [2.24, 2.45) is 5.84 Å². The Hall–Kier alpha value is -1.73. The van der Waals surface area contributed by atoms with E-state index < -0.39 is 0 Å². The Kier molecular flexibility index (Phi) is 5.31. The number of aromatic nitrogens is 2. The van der Waals surface area contributed by atoms with Crippen LogP contribution in [0, 0.1) is 0 Å². The summed E-state index contributed by atoms with van der Waals surface area (Å²) in [5, 5.41) is 7.51. The van der Waals surface area contributed by atoms with Gasteiger partial charge in [0.05, 0.1) is 6.61 Å². The number of nitrogens with one attached hydrogen (secondary N) is 1. The minimum Gasteiger partial charge on any atom is -0.380 e. The van der Waals surface area contributed by atoms with Crippen LogP contribution in [0.5, 0.6) is 0 Å². The number of rotatable bonds is 6. The molecular weight excluding hydrogens is 222 g/mol. The number of hydrogen-bond donors (Lipinski definition) is 2. The van der Waals surface area contributed by atoms with Crippen LogP contribution in [0.2, 0.25) is 0 Å². The summed E-state index contributed by atoms with van der Waals surface area (Å²) >= 11 is 0. The van der Waals surface area contributed by atoms with Gasteiger partial charge in [-0.3, -0.25) is 4.79 Å². The Balaban J connectivity index is 2.55. The third kappa shape index (κ3) is 3.97. The fourth-order valence-corrected chi connectivity index (χ4v) is 1.17. The normalized spacial score (nSPS) is 10.1. The van der Waals surface area contributed by atoms with Crippen molar-refractivity contribution >= 4 is 11.7 Å². The number of anilines is 1. The van der Waals surface area contributed by atoms with Crippen molar-refractivity contribution in [1.29, 1.82) is 0 Å². The first-order chi connectivity index (χ1) is 8.19. The zero-order chi connectivity index (χ0) is 12.7. The molecule has 1 aromatic rings. The molecular formula is C10H17N5O2. The molecule has 0 aliphatic rings. The van der Waals surface area contributed by atoms with Crippen LogP contribution in [0.25, 0.3) is 0 Å². The van der Waals surface area contributed by atoms with Crippen molar-refractivity contribution < 1.29 is 9.53 Å². The van der Waals surface area contributed by atoms with E-state index in [1.807, 2.05) is 6.92 Å². The molecule has 0 atom stereocenters. The van der Waals surface area contributed by atoms with Gasteiger partial charge in [0.25, 0.3) is 5.91 Å². The highest BCUT2D eigenvalue weighted by Crippen LogP contribution is 2.02. The van der Waals surface area contributed by atoms with E-state index in [1.54, 1.807) is 19.2 Å². The minimum atomic E-state index is -0.194. The van der Waals surface area contributed by atoms with Crippen LogP contribution in [0.15, 0.2) is 12.1 Å². The molecule has 0 aliphatic carbocycles. The van der Waals surface area contributed by atoms with E-state index in [4.69, 9.17) is 10.6 Å². The van der Waals surface area contributed by atoms with E-state index in [-0.39, 0.29) is 11.6 Å². The summed E-state index contributed by atoms with van der Waals surface area (Å²) in [5.74, 6) is 5.37. The molecule has 0 unspecified atom stereocenters. The fraction of sp³-hybridized carbons (Fsp3) is 0.500. The Bertz CT molecular complexity index is 354. The molecule has 0 fully saturated rings. The minimum absolute atomic E-state index is 0.194. The number of nitrogens with two attached hydrogens (primary N) is 1. The van der Waals surface area contributed by atoms with E-state index in [2.05, 4.69) is 15.6 Å². The number of likely N-dealkylation sites (N-methyl/N-ethyl adjacent to an activating group) is 1. The first kappa shape index (κ1) is 13.3. The fourth-order valence-electron chi connectivity index (χ4n) is 1.17. The van der Waals surface area contributed by atoms with Crippen LogP contribution < -0.4 is 11.3 Å². The number of carbonyl (C=O) groups is 1. The molecule has 94 valence electrons. The Morgan fingerprint density at radius 3 is 2.82 bits per heavy atom. The predicted molar refractivity (Wildman–Crippen MR) is 63.3 cm³/mol. The molecule has 0 aliphatic heterocycles. The van der Waals surface area contributed by atoms with Gasteiger partial charge in [0.2, 0.25) is 0 Å². The zero-order valence-electron chi connectivity index (χ0n) is 10.0. The summed E-state index contributed by atoms with van der Waals surface area (Å²) in [6.07, 6.45) is 0. The van der Waals surface area contributed by atoms with Gasteiger partial charge in [-0.05, 0) is 19.1 Å². The molecule has 1 rings (SSSR count). The molecule has 1 heterocycles. The highest BCUT2D eigenvalue weighted by molar-refractivity contribution is 5.92. The van der Waals surface area contributed by atoms with Gasteiger partial charge in [-0.25, -0.2) is 5.84 Å². The first-order valence-corrected chi connectivity index (χ1v) is 5.32. The molecule has 0 radical (unpaired) electrons. The van der Waals surface area contributed by atoms with E-state index in [9.17, 15) is 4.79 Å². The van der Waals surface area contributed by atoms with Gasteiger partial charge in [0.15, 0.2) is 11.5 Å². The van der Waals surface area contributed by atoms with E-state index in [0.717, 1.165) is 0 Å². The molecule has 0 saturated heterocycles. The standard InChI is InChI=1S/C10H17N5O2/c1-3-17-7-6-15(2)10(16)8-4-5-9(12-11)14-13-8/h4-5H,3,6-7,11H2,1-2H3,(H,12,14). The summed E-state index contributed by atoms with van der Waals surface area (Å²) in [6.45, 7) is 3.57. The van der Waals surface area contributed by atoms with Crippen LogP contribution in [0.1, 0.15) is 17.4 Å². The molecule has 0 aromatic carbocycles. The largest absolute Gasteiger partial charge is 0.380 e. The van der Waals surface area contributed by atoms with Gasteiger partial charge in [0, 0.05) is 20.2 Å². The number of carbonyl (C=O) groups excluding carboxylic acids is 1. The second kappa shape index (κ2) is 6.77. The van der Waals surface area contributed by atoms with E-state index in [0.29, 0.717) is 25.6 Å². The number of amides is 1. The van der Waals surface area contributed by atoms with Crippen LogP contribution in [0.3, 0.4) is 0 Å². The monoisotopic (exact) mass is 239 g/mol. The van der Waals surface area contributed by atoms with Crippen LogP contribution in [-0.4, -0.2) is 47.8 Å². The quantitative estimate of drug-likeness (QED) is 0.408. The second-order valence-electron chi connectivity index (χ2n) is 3.37. The van der Waals surface area contributed by atoms with Gasteiger partial charge < -0.3 is 15.1 Å². The topological polar surface area (TPSA) is 93.4 Å². The first-order valence-electron chi connectivity index (χ1n) is 5.32. The Morgan fingerprint density at radius 1 is 1.53 bits per heavy atom. The maximum atomic E-state index is 11.9. The number of ether oxygens (including phenoxy) is 1. The Morgan fingerprint density at radius 2 is 2.29 bits per heavy atom. The van der Waals surface area contributed by atoms with Crippen LogP contribution >= 0.6 is 0 Å². The van der Waals surface area contributed by atoms with Gasteiger partial charge in [-0.2, -0.15) is 0 Å². The van der Waals surface area contributed by atoms with Crippen molar-refractivity contribution in [3.05, 3.63) is 17.8 Å². The highest BCUT2D eigenvalue weighted by atomic mass is 16.5. The average molecular weight is 239 g/mol.